The van der Waals surface area contributed by atoms with E-state index in [1.165, 1.54) is 18.2 Å². The summed E-state index contributed by atoms with van der Waals surface area (Å²) >= 11 is 6.59. The fraction of sp³-hybridized carbons (Fsp3) is 0.500. The van der Waals surface area contributed by atoms with Gasteiger partial charge in [0, 0.05) is 37.0 Å². The van der Waals surface area contributed by atoms with Crippen LogP contribution in [0.5, 0.6) is 0 Å². The number of aliphatic hydroxyl groups is 2. The molecular formula is C44H78ClKN5O2-. The molecule has 3 rings (SSSR count). The van der Waals surface area contributed by atoms with E-state index in [1.54, 1.807) is 6.20 Å². The molecule has 1 aliphatic rings. The van der Waals surface area contributed by atoms with Crippen molar-refractivity contribution < 1.29 is 61.6 Å². The Balaban J connectivity index is -0.000000135. The molecule has 2 heterocycles. The van der Waals surface area contributed by atoms with Crippen LogP contribution in [0.4, 0.5) is 0 Å². The first-order valence-corrected chi connectivity index (χ1v) is 18.7. The molecule has 0 radical (unpaired) electrons. The number of hydrogen-bond donors (Lipinski definition) is 5. The van der Waals surface area contributed by atoms with Crippen molar-refractivity contribution in [3.63, 3.8) is 0 Å². The molecule has 0 saturated heterocycles. The first kappa shape index (κ1) is 66.3. The minimum Gasteiger partial charge on any atom is -0.400 e. The Morgan fingerprint density at radius 3 is 1.91 bits per heavy atom. The average Bonchev–Trinajstić information content (AvgIpc) is 3.18. The average molecular weight is 784 g/mol. The maximum Gasteiger partial charge on any atom is 1.00 e. The van der Waals surface area contributed by atoms with Gasteiger partial charge in [0.2, 0.25) is 0 Å². The first-order chi connectivity index (χ1) is 25.0. The van der Waals surface area contributed by atoms with Crippen LogP contribution in [-0.4, -0.2) is 53.3 Å². The van der Waals surface area contributed by atoms with Crippen LogP contribution in [0.15, 0.2) is 73.5 Å². The number of aliphatic hydroxyl groups excluding tert-OH is 2. The Morgan fingerprint density at radius 1 is 1.00 bits per heavy atom. The number of rotatable bonds is 9. The molecule has 2 atom stereocenters. The first-order valence-electron chi connectivity index (χ1n) is 18.3. The standard InChI is InChI=1S/C22H32ClN3O.C9H10N.C3H7.2C2H6.2C2H4.CH5N.CH4O.K/c1-6-8-17(12-24-13-27)20-11-19(14(3)7-2)15(4)22(26-20)18-9-10-25-16(5)21(18)23;1-6-4-7(2)9(10)8(3)5-6;1-3-2;6*1-2;/h9-11,14,17,24,27H,6-8,12-13H2,1-5H3;2,4-5,10H,1,3H3;1,3H2,2H3;2*1-2H3;2*1-2H2;2H2,1H3;2H,1H3;/q;2*-1;;;;;;;+1. The topological polar surface area (TPSA) is 128 Å². The summed E-state index contributed by atoms with van der Waals surface area (Å²) in [7, 11) is 2.50. The van der Waals surface area contributed by atoms with Crippen molar-refractivity contribution in [2.75, 3.05) is 27.4 Å². The Labute approximate surface area is 375 Å². The molecular weight excluding hydrogens is 705 g/mol. The summed E-state index contributed by atoms with van der Waals surface area (Å²) in [6.45, 7) is 46.3. The van der Waals surface area contributed by atoms with E-state index >= 15 is 0 Å². The number of halogens is 1. The van der Waals surface area contributed by atoms with Crippen molar-refractivity contribution >= 4 is 17.3 Å². The van der Waals surface area contributed by atoms with Gasteiger partial charge in [-0.1, -0.05) is 92.0 Å². The number of nitrogens with two attached hydrogens (primary N) is 1. The maximum atomic E-state index is 9.20. The molecule has 0 spiro atoms. The molecule has 0 saturated carbocycles. The third kappa shape index (κ3) is 27.6. The van der Waals surface area contributed by atoms with Gasteiger partial charge in [-0.25, -0.2) is 6.58 Å². The van der Waals surface area contributed by atoms with E-state index < -0.39 is 0 Å². The van der Waals surface area contributed by atoms with Crippen molar-refractivity contribution in [1.82, 2.24) is 15.3 Å². The fourth-order valence-corrected chi connectivity index (χ4v) is 4.73. The van der Waals surface area contributed by atoms with Gasteiger partial charge < -0.3 is 28.3 Å². The molecule has 0 aliphatic heterocycles. The van der Waals surface area contributed by atoms with Crippen LogP contribution in [0.3, 0.4) is 0 Å². The van der Waals surface area contributed by atoms with Crippen molar-refractivity contribution in [1.29, 1.82) is 5.41 Å². The second-order valence-corrected chi connectivity index (χ2v) is 10.7. The van der Waals surface area contributed by atoms with E-state index in [0.717, 1.165) is 66.6 Å². The van der Waals surface area contributed by atoms with E-state index in [2.05, 4.69) is 83.0 Å². The van der Waals surface area contributed by atoms with Gasteiger partial charge >= 0.3 is 51.4 Å². The van der Waals surface area contributed by atoms with Gasteiger partial charge in [-0.15, -0.1) is 31.9 Å². The number of pyridine rings is 2. The van der Waals surface area contributed by atoms with E-state index in [9.17, 15) is 5.11 Å². The molecule has 1 aliphatic carbocycles. The van der Waals surface area contributed by atoms with Crippen LogP contribution in [0.25, 0.3) is 11.3 Å². The van der Waals surface area contributed by atoms with Gasteiger partial charge in [0.15, 0.2) is 0 Å². The van der Waals surface area contributed by atoms with Gasteiger partial charge in [-0.2, -0.15) is 18.1 Å². The number of aromatic nitrogens is 2. The molecule has 53 heavy (non-hydrogen) atoms. The molecule has 2 aromatic heterocycles. The number of aryl methyl sites for hydroxylation is 1. The zero-order valence-corrected chi connectivity index (χ0v) is 40.5. The summed E-state index contributed by atoms with van der Waals surface area (Å²) in [5, 5.41) is 27.4. The third-order valence-corrected chi connectivity index (χ3v) is 7.34. The SMILES string of the molecule is C=C.C=C.CC.CC.CCCC(CNCO)c1cc(C(C)CC)c(C)c(-c2ccnc(C)c2Cl)n1.CN.CO.[CH-]=C1C=C(C)C=C(C)C1=N.[CH2-]CC.[K+]. The summed E-state index contributed by atoms with van der Waals surface area (Å²) in [6, 6.07) is 4.21. The molecule has 0 amide bonds. The van der Waals surface area contributed by atoms with Crippen LogP contribution >= 0.6 is 11.6 Å². The number of nitrogens with one attached hydrogen (secondary N) is 2. The van der Waals surface area contributed by atoms with Gasteiger partial charge in [-0.3, -0.25) is 15.3 Å². The predicted molar refractivity (Wildman–Crippen MR) is 236 cm³/mol. The minimum absolute atomic E-state index is 0. The van der Waals surface area contributed by atoms with Crippen LogP contribution < -0.4 is 62.4 Å². The van der Waals surface area contributed by atoms with E-state index in [-0.39, 0.29) is 64.0 Å². The van der Waals surface area contributed by atoms with Crippen molar-refractivity contribution in [3.05, 3.63) is 115 Å². The molecule has 2 aromatic rings. The van der Waals surface area contributed by atoms with Gasteiger partial charge in [0.1, 0.15) is 0 Å². The molecule has 2 unspecified atom stereocenters. The third-order valence-electron chi connectivity index (χ3n) is 6.86. The smallest absolute Gasteiger partial charge is 0.400 e. The van der Waals surface area contributed by atoms with Crippen LogP contribution in [0, 0.1) is 32.8 Å². The second kappa shape index (κ2) is 46.6. The zero-order chi connectivity index (χ0) is 42.4. The van der Waals surface area contributed by atoms with Crippen molar-refractivity contribution in [2.45, 2.75) is 121 Å². The molecule has 0 aromatic carbocycles. The largest absolute Gasteiger partial charge is 1.00 e. The molecule has 0 fully saturated rings. The summed E-state index contributed by atoms with van der Waals surface area (Å²) in [5.41, 5.74) is 13.9. The molecule has 6 N–H and O–H groups in total. The van der Waals surface area contributed by atoms with Crippen LogP contribution in [0.1, 0.15) is 129 Å². The molecule has 300 valence electrons. The Bertz CT molecular complexity index is 1240. The van der Waals surface area contributed by atoms with Crippen LogP contribution in [-0.2, 0) is 0 Å². The van der Waals surface area contributed by atoms with Crippen LogP contribution in [0.2, 0.25) is 5.02 Å². The summed E-state index contributed by atoms with van der Waals surface area (Å²) in [6.07, 6.45) is 9.72. The molecule has 7 nitrogen and oxygen atoms in total. The van der Waals surface area contributed by atoms with Gasteiger partial charge in [0.05, 0.1) is 23.1 Å². The number of allylic oxidation sites excluding steroid dienone is 5. The predicted octanol–water partition coefficient (Wildman–Crippen LogP) is 8.70. The van der Waals surface area contributed by atoms with Crippen molar-refractivity contribution in [3.8, 4) is 11.3 Å². The molecule has 0 bridgehead atoms. The van der Waals surface area contributed by atoms with E-state index in [4.69, 9.17) is 33.7 Å². The van der Waals surface area contributed by atoms with E-state index in [0.29, 0.717) is 28.8 Å². The number of hydrogen-bond acceptors (Lipinski definition) is 7. The Morgan fingerprint density at radius 2 is 1.49 bits per heavy atom. The zero-order valence-electron chi connectivity index (χ0n) is 36.6. The molecule has 9 heteroatoms. The normalized spacial score (nSPS) is 11.4. The Hall–Kier alpha value is -1.56. The second-order valence-electron chi connectivity index (χ2n) is 10.3. The maximum absolute atomic E-state index is 9.20. The van der Waals surface area contributed by atoms with Crippen molar-refractivity contribution in [2.24, 2.45) is 5.73 Å². The van der Waals surface area contributed by atoms with Gasteiger partial charge in [0.25, 0.3) is 0 Å². The van der Waals surface area contributed by atoms with E-state index in [1.807, 2.05) is 73.6 Å². The summed E-state index contributed by atoms with van der Waals surface area (Å²) in [5.74, 6) is 0.700. The Kier molecular flexibility index (Phi) is 58.3. The summed E-state index contributed by atoms with van der Waals surface area (Å²) < 4.78 is 0. The number of nitrogens with zero attached hydrogens (tertiary/aromatic N) is 2. The fourth-order valence-electron chi connectivity index (χ4n) is 4.53. The summed E-state index contributed by atoms with van der Waals surface area (Å²) in [4.78, 5) is 9.36. The monoisotopic (exact) mass is 783 g/mol. The minimum atomic E-state index is -0.0213. The van der Waals surface area contributed by atoms with Gasteiger partial charge in [-0.05, 0) is 75.5 Å². The quantitative estimate of drug-likeness (QED) is 0.0750.